The van der Waals surface area contributed by atoms with Crippen molar-refractivity contribution >= 4 is 0 Å². The fraction of sp³-hybridized carbons (Fsp3) is 0.172. The SMILES string of the molecule is Cc1ccc2c(c1)C1(c3ccccc3-c3cc(C)c(C)cc31)c1cc(C)ccc1-2. The van der Waals surface area contributed by atoms with Crippen LogP contribution in [0.15, 0.2) is 72.8 Å². The van der Waals surface area contributed by atoms with Gasteiger partial charge in [0.05, 0.1) is 5.41 Å². The van der Waals surface area contributed by atoms with Gasteiger partial charge >= 0.3 is 0 Å². The molecule has 0 fully saturated rings. The van der Waals surface area contributed by atoms with E-state index in [1.807, 2.05) is 0 Å². The summed E-state index contributed by atoms with van der Waals surface area (Å²) >= 11 is 0. The predicted octanol–water partition coefficient (Wildman–Crippen LogP) is 7.26. The van der Waals surface area contributed by atoms with Crippen LogP contribution < -0.4 is 0 Å². The topological polar surface area (TPSA) is 0 Å². The maximum Gasteiger partial charge on any atom is 0.0725 e. The second-order valence-electron chi connectivity index (χ2n) is 8.88. The number of rotatable bonds is 0. The highest BCUT2D eigenvalue weighted by Gasteiger charge is 2.51. The Balaban J connectivity index is 1.88. The van der Waals surface area contributed by atoms with E-state index in [2.05, 4.69) is 100 Å². The van der Waals surface area contributed by atoms with Gasteiger partial charge in [0.1, 0.15) is 0 Å². The standard InChI is InChI=1S/C29H24/c1-17-9-11-22-23-12-10-18(2)14-27(23)29(26(22)13-17)25-8-6-5-7-21(25)24-15-19(3)20(4)16-28(24)29/h5-16H,1-4H3. The zero-order chi connectivity index (χ0) is 19.9. The van der Waals surface area contributed by atoms with Crippen LogP contribution >= 0.6 is 0 Å². The molecule has 140 valence electrons. The number of aryl methyl sites for hydroxylation is 4. The molecule has 0 N–H and O–H groups in total. The van der Waals surface area contributed by atoms with Crippen molar-refractivity contribution in [2.24, 2.45) is 0 Å². The first-order valence-electron chi connectivity index (χ1n) is 10.5. The zero-order valence-electron chi connectivity index (χ0n) is 17.4. The number of hydrogen-bond donors (Lipinski definition) is 0. The van der Waals surface area contributed by atoms with Crippen LogP contribution in [0.25, 0.3) is 22.3 Å². The van der Waals surface area contributed by atoms with Crippen molar-refractivity contribution in [1.82, 2.24) is 0 Å². The van der Waals surface area contributed by atoms with Crippen molar-refractivity contribution in [3.05, 3.63) is 117 Å². The van der Waals surface area contributed by atoms with Crippen LogP contribution in [0.4, 0.5) is 0 Å². The summed E-state index contributed by atoms with van der Waals surface area (Å²) in [5, 5.41) is 0. The van der Waals surface area contributed by atoms with Gasteiger partial charge in [-0.3, -0.25) is 0 Å². The molecule has 4 aromatic rings. The van der Waals surface area contributed by atoms with Crippen molar-refractivity contribution in [2.45, 2.75) is 33.1 Å². The van der Waals surface area contributed by atoms with E-state index in [1.54, 1.807) is 0 Å². The Morgan fingerprint density at radius 1 is 0.448 bits per heavy atom. The molecule has 6 rings (SSSR count). The van der Waals surface area contributed by atoms with Gasteiger partial charge in [0.15, 0.2) is 0 Å². The largest absolute Gasteiger partial charge is 0.0725 e. The van der Waals surface area contributed by atoms with E-state index >= 15 is 0 Å². The van der Waals surface area contributed by atoms with Crippen LogP contribution in [0.5, 0.6) is 0 Å². The zero-order valence-corrected chi connectivity index (χ0v) is 17.4. The van der Waals surface area contributed by atoms with Crippen molar-refractivity contribution in [2.75, 3.05) is 0 Å². The smallest absolute Gasteiger partial charge is 0.0619 e. The van der Waals surface area contributed by atoms with Gasteiger partial charge in [-0.05, 0) is 83.3 Å². The molecule has 2 aliphatic rings. The van der Waals surface area contributed by atoms with E-state index in [0.29, 0.717) is 0 Å². The fourth-order valence-electron chi connectivity index (χ4n) is 5.67. The van der Waals surface area contributed by atoms with Crippen LogP contribution in [0.2, 0.25) is 0 Å². The number of hydrogen-bond acceptors (Lipinski definition) is 0. The van der Waals surface area contributed by atoms with E-state index in [1.165, 1.54) is 66.8 Å². The Labute approximate surface area is 172 Å². The Bertz CT molecular complexity index is 1280. The second kappa shape index (κ2) is 5.48. The highest BCUT2D eigenvalue weighted by molar-refractivity contribution is 5.95. The molecule has 0 saturated heterocycles. The van der Waals surface area contributed by atoms with Crippen LogP contribution in [0, 0.1) is 27.7 Å². The first kappa shape index (κ1) is 16.8. The van der Waals surface area contributed by atoms with E-state index in [-0.39, 0.29) is 5.41 Å². The summed E-state index contributed by atoms with van der Waals surface area (Å²) < 4.78 is 0. The molecular weight excluding hydrogens is 348 g/mol. The molecule has 0 saturated carbocycles. The highest BCUT2D eigenvalue weighted by Crippen LogP contribution is 2.63. The van der Waals surface area contributed by atoms with Gasteiger partial charge < -0.3 is 0 Å². The minimum Gasteiger partial charge on any atom is -0.0619 e. The molecule has 0 amide bonds. The number of benzene rings is 4. The van der Waals surface area contributed by atoms with Gasteiger partial charge in [0.25, 0.3) is 0 Å². The highest BCUT2D eigenvalue weighted by atomic mass is 14.5. The van der Waals surface area contributed by atoms with Crippen LogP contribution in [0.3, 0.4) is 0 Å². The lowest BCUT2D eigenvalue weighted by molar-refractivity contribution is 0.790. The van der Waals surface area contributed by atoms with Gasteiger partial charge in [-0.25, -0.2) is 0 Å². The fourth-order valence-corrected chi connectivity index (χ4v) is 5.67. The van der Waals surface area contributed by atoms with E-state index in [0.717, 1.165) is 0 Å². The van der Waals surface area contributed by atoms with Crippen molar-refractivity contribution in [1.29, 1.82) is 0 Å². The Morgan fingerprint density at radius 3 is 1.62 bits per heavy atom. The molecule has 0 atom stereocenters. The Morgan fingerprint density at radius 2 is 0.966 bits per heavy atom. The van der Waals surface area contributed by atoms with E-state index < -0.39 is 0 Å². The second-order valence-corrected chi connectivity index (χ2v) is 8.88. The van der Waals surface area contributed by atoms with Crippen molar-refractivity contribution in [3.8, 4) is 22.3 Å². The lowest BCUT2D eigenvalue weighted by atomic mass is 9.70. The van der Waals surface area contributed by atoms with Crippen LogP contribution in [0.1, 0.15) is 44.5 Å². The third-order valence-corrected chi connectivity index (χ3v) is 7.11. The summed E-state index contributed by atoms with van der Waals surface area (Å²) in [5.41, 5.74) is 16.4. The molecule has 29 heavy (non-hydrogen) atoms. The van der Waals surface area contributed by atoms with Crippen LogP contribution in [-0.4, -0.2) is 0 Å². The maximum atomic E-state index is 2.45. The van der Waals surface area contributed by atoms with Crippen molar-refractivity contribution in [3.63, 3.8) is 0 Å². The Hall–Kier alpha value is -3.12. The Kier molecular flexibility index (Phi) is 3.17. The summed E-state index contributed by atoms with van der Waals surface area (Å²) in [6.45, 7) is 8.90. The normalized spacial score (nSPS) is 14.5. The molecule has 0 bridgehead atoms. The minimum absolute atomic E-state index is 0.215. The summed E-state index contributed by atoms with van der Waals surface area (Å²) in [7, 11) is 0. The average Bonchev–Trinajstić information content (AvgIpc) is 3.14. The molecule has 0 nitrogen and oxygen atoms in total. The molecule has 0 aromatic heterocycles. The van der Waals surface area contributed by atoms with Gasteiger partial charge in [-0.15, -0.1) is 0 Å². The molecule has 0 heteroatoms. The van der Waals surface area contributed by atoms with Gasteiger partial charge in [-0.2, -0.15) is 0 Å². The first-order valence-corrected chi connectivity index (χ1v) is 10.5. The third kappa shape index (κ3) is 1.94. The first-order chi connectivity index (χ1) is 14.0. The summed E-state index contributed by atoms with van der Waals surface area (Å²) in [6.07, 6.45) is 0. The molecule has 2 aliphatic carbocycles. The molecular formula is C29H24. The van der Waals surface area contributed by atoms with Gasteiger partial charge in [0, 0.05) is 0 Å². The summed E-state index contributed by atoms with van der Waals surface area (Å²) in [5.74, 6) is 0. The van der Waals surface area contributed by atoms with Gasteiger partial charge in [-0.1, -0.05) is 83.9 Å². The number of fused-ring (bicyclic) bond motifs is 10. The van der Waals surface area contributed by atoms with Crippen LogP contribution in [-0.2, 0) is 5.41 Å². The monoisotopic (exact) mass is 372 g/mol. The molecule has 0 unspecified atom stereocenters. The average molecular weight is 373 g/mol. The molecule has 0 heterocycles. The quantitative estimate of drug-likeness (QED) is 0.263. The van der Waals surface area contributed by atoms with Gasteiger partial charge in [0.2, 0.25) is 0 Å². The lowest BCUT2D eigenvalue weighted by Crippen LogP contribution is -2.26. The van der Waals surface area contributed by atoms with E-state index in [4.69, 9.17) is 0 Å². The molecule has 0 aliphatic heterocycles. The predicted molar refractivity (Wildman–Crippen MR) is 122 cm³/mol. The maximum absolute atomic E-state index is 2.45. The molecule has 4 aromatic carbocycles. The molecule has 0 radical (unpaired) electrons. The third-order valence-electron chi connectivity index (χ3n) is 7.11. The summed E-state index contributed by atoms with van der Waals surface area (Å²) in [4.78, 5) is 0. The molecule has 1 spiro atoms. The van der Waals surface area contributed by atoms with Crippen molar-refractivity contribution < 1.29 is 0 Å². The minimum atomic E-state index is -0.215. The lowest BCUT2D eigenvalue weighted by Gasteiger charge is -2.31. The summed E-state index contributed by atoms with van der Waals surface area (Å²) in [6, 6.07) is 27.9. The van der Waals surface area contributed by atoms with E-state index in [9.17, 15) is 0 Å².